The Balaban J connectivity index is 1.22. The van der Waals surface area contributed by atoms with Gasteiger partial charge in [-0.25, -0.2) is 19.0 Å². The van der Waals surface area contributed by atoms with Gasteiger partial charge in [0.1, 0.15) is 22.5 Å². The van der Waals surface area contributed by atoms with Gasteiger partial charge in [-0.05, 0) is 60.2 Å². The maximum Gasteiger partial charge on any atom is 0.243 e. The van der Waals surface area contributed by atoms with Crippen LogP contribution in [0.3, 0.4) is 0 Å². The normalized spacial score (nSPS) is 20.0. The van der Waals surface area contributed by atoms with E-state index in [0.29, 0.717) is 52.3 Å². The first kappa shape index (κ1) is 23.9. The Hall–Kier alpha value is -3.47. The first-order valence-electron chi connectivity index (χ1n) is 12.4. The Morgan fingerprint density at radius 1 is 1.24 bits per heavy atom. The molecule has 4 heterocycles. The number of nitrogens with zero attached hydrogens (tertiary/aromatic N) is 7. The van der Waals surface area contributed by atoms with Crippen LogP contribution in [0.1, 0.15) is 32.0 Å². The van der Waals surface area contributed by atoms with Gasteiger partial charge in [0.25, 0.3) is 0 Å². The van der Waals surface area contributed by atoms with Gasteiger partial charge in [0.05, 0.1) is 17.7 Å². The van der Waals surface area contributed by atoms with E-state index in [1.54, 1.807) is 32.9 Å². The number of likely N-dealkylation sites (N-methyl/N-ethyl adjacent to an activating group) is 1. The molecule has 2 atom stereocenters. The number of carbonyl (C=O) groups excluding carboxylic acids is 2. The molecular weight excluding hydrogens is 541 g/mol. The Morgan fingerprint density at radius 3 is 2.92 bits per heavy atom. The van der Waals surface area contributed by atoms with Crippen LogP contribution in [-0.2, 0) is 16.0 Å². The summed E-state index contributed by atoms with van der Waals surface area (Å²) in [5.74, 6) is 0.514. The number of aromatic nitrogens is 5. The molecule has 0 radical (unpaired) electrons. The van der Waals surface area contributed by atoms with Crippen molar-refractivity contribution in [3.63, 3.8) is 0 Å². The van der Waals surface area contributed by atoms with Gasteiger partial charge in [-0.1, -0.05) is 6.07 Å². The standard InChI is InChI=1S/C26H25BrFN7O2/c1-2-33-14-34(13-22(33)36)26(37)17-6-5-15(8-17)9-21-30-12-19-24(27)32-35(25(19)31-21)18-10-16-4-3-7-29-23(16)20(28)11-18/h3-4,7,10-12,15,17H,2,5-6,8-9,13-14H2,1H3/t15-,17-/m1/s1. The second-order valence-electron chi connectivity index (χ2n) is 9.74. The minimum Gasteiger partial charge on any atom is -0.324 e. The van der Waals surface area contributed by atoms with Crippen molar-refractivity contribution in [3.05, 3.63) is 52.9 Å². The lowest BCUT2D eigenvalue weighted by molar-refractivity contribution is -0.135. The number of carbonyl (C=O) groups is 2. The molecule has 6 rings (SSSR count). The van der Waals surface area contributed by atoms with Gasteiger partial charge in [0, 0.05) is 42.7 Å². The third-order valence-electron chi connectivity index (χ3n) is 7.39. The highest BCUT2D eigenvalue weighted by molar-refractivity contribution is 9.10. The molecule has 190 valence electrons. The van der Waals surface area contributed by atoms with Gasteiger partial charge >= 0.3 is 0 Å². The van der Waals surface area contributed by atoms with E-state index in [2.05, 4.69) is 31.0 Å². The second-order valence-corrected chi connectivity index (χ2v) is 10.5. The predicted octanol–water partition coefficient (Wildman–Crippen LogP) is 3.87. The van der Waals surface area contributed by atoms with Crippen molar-refractivity contribution in [2.75, 3.05) is 19.8 Å². The minimum atomic E-state index is -0.425. The molecule has 0 spiro atoms. The quantitative estimate of drug-likeness (QED) is 0.364. The van der Waals surface area contributed by atoms with Gasteiger partial charge in [0.2, 0.25) is 11.8 Å². The lowest BCUT2D eigenvalue weighted by Crippen LogP contribution is -2.35. The molecule has 3 aromatic heterocycles. The molecule has 37 heavy (non-hydrogen) atoms. The lowest BCUT2D eigenvalue weighted by atomic mass is 10.0. The smallest absolute Gasteiger partial charge is 0.243 e. The highest BCUT2D eigenvalue weighted by Crippen LogP contribution is 2.35. The number of benzene rings is 1. The first-order chi connectivity index (χ1) is 17.9. The van der Waals surface area contributed by atoms with Gasteiger partial charge in [-0.2, -0.15) is 5.10 Å². The molecule has 4 aromatic rings. The average Bonchev–Trinajstić information content (AvgIpc) is 3.61. The Morgan fingerprint density at radius 2 is 2.11 bits per heavy atom. The van der Waals surface area contributed by atoms with Crippen molar-refractivity contribution in [3.8, 4) is 5.69 Å². The number of hydrogen-bond donors (Lipinski definition) is 0. The molecule has 1 aromatic carbocycles. The topological polar surface area (TPSA) is 97.1 Å². The fourth-order valence-corrected chi connectivity index (χ4v) is 5.90. The molecule has 9 nitrogen and oxygen atoms in total. The van der Waals surface area contributed by atoms with Gasteiger partial charge in [0.15, 0.2) is 11.5 Å². The van der Waals surface area contributed by atoms with E-state index in [-0.39, 0.29) is 30.2 Å². The van der Waals surface area contributed by atoms with Crippen LogP contribution in [0.15, 0.2) is 41.3 Å². The molecule has 2 fully saturated rings. The molecule has 1 aliphatic heterocycles. The predicted molar refractivity (Wildman–Crippen MR) is 138 cm³/mol. The van der Waals surface area contributed by atoms with Crippen LogP contribution >= 0.6 is 15.9 Å². The summed E-state index contributed by atoms with van der Waals surface area (Å²) in [6.07, 6.45) is 6.40. The van der Waals surface area contributed by atoms with E-state index in [0.717, 1.165) is 24.6 Å². The summed E-state index contributed by atoms with van der Waals surface area (Å²) in [6, 6.07) is 6.82. The number of hydrogen-bond acceptors (Lipinski definition) is 6. The first-order valence-corrected chi connectivity index (χ1v) is 13.2. The third kappa shape index (κ3) is 4.35. The molecule has 0 unspecified atom stereocenters. The van der Waals surface area contributed by atoms with Gasteiger partial charge in [-0.3, -0.25) is 14.6 Å². The van der Waals surface area contributed by atoms with Crippen LogP contribution < -0.4 is 0 Å². The molecule has 11 heteroatoms. The summed E-state index contributed by atoms with van der Waals surface area (Å²) < 4.78 is 17.0. The largest absolute Gasteiger partial charge is 0.324 e. The van der Waals surface area contributed by atoms with Crippen molar-refractivity contribution in [2.45, 2.75) is 32.6 Å². The van der Waals surface area contributed by atoms with Crippen LogP contribution in [0.5, 0.6) is 0 Å². The van der Waals surface area contributed by atoms with E-state index in [9.17, 15) is 14.0 Å². The molecule has 1 saturated carbocycles. The third-order valence-corrected chi connectivity index (χ3v) is 7.98. The van der Waals surface area contributed by atoms with E-state index in [1.165, 1.54) is 6.07 Å². The maximum atomic E-state index is 14.8. The van der Waals surface area contributed by atoms with Crippen molar-refractivity contribution in [1.29, 1.82) is 0 Å². The summed E-state index contributed by atoms with van der Waals surface area (Å²) >= 11 is 3.48. The van der Waals surface area contributed by atoms with Gasteiger partial charge in [-0.15, -0.1) is 0 Å². The SMILES string of the molecule is CCN1CN(C(=O)[C@@H]2CC[C@@H](Cc3ncc4c(Br)nn(-c5cc(F)c6ncccc6c5)c4n3)C2)CC1=O. The van der Waals surface area contributed by atoms with Crippen LogP contribution in [-0.4, -0.2) is 66.1 Å². The van der Waals surface area contributed by atoms with Crippen LogP contribution in [0.25, 0.3) is 27.6 Å². The zero-order chi connectivity index (χ0) is 25.7. The zero-order valence-corrected chi connectivity index (χ0v) is 21.9. The highest BCUT2D eigenvalue weighted by Gasteiger charge is 2.37. The number of pyridine rings is 1. The summed E-state index contributed by atoms with van der Waals surface area (Å²) in [6.45, 7) is 3.11. The maximum absolute atomic E-state index is 14.8. The molecule has 1 aliphatic carbocycles. The molecule has 1 saturated heterocycles. The summed E-state index contributed by atoms with van der Waals surface area (Å²) in [5.41, 5.74) is 1.44. The minimum absolute atomic E-state index is 0.0115. The van der Waals surface area contributed by atoms with E-state index < -0.39 is 5.82 Å². The molecule has 2 aliphatic rings. The van der Waals surface area contributed by atoms with Crippen LogP contribution in [0.4, 0.5) is 4.39 Å². The number of rotatable bonds is 5. The van der Waals surface area contributed by atoms with Crippen molar-refractivity contribution >= 4 is 49.7 Å². The summed E-state index contributed by atoms with van der Waals surface area (Å²) in [7, 11) is 0. The zero-order valence-electron chi connectivity index (χ0n) is 20.3. The summed E-state index contributed by atoms with van der Waals surface area (Å²) in [5, 5.41) is 5.95. The van der Waals surface area contributed by atoms with Crippen molar-refractivity contribution < 1.29 is 14.0 Å². The van der Waals surface area contributed by atoms with Crippen LogP contribution in [0, 0.1) is 17.7 Å². The molecular formula is C26H25BrFN7O2. The summed E-state index contributed by atoms with van der Waals surface area (Å²) in [4.78, 5) is 41.9. The Labute approximate surface area is 220 Å². The number of fused-ring (bicyclic) bond motifs is 2. The van der Waals surface area contributed by atoms with E-state index in [4.69, 9.17) is 4.98 Å². The number of amides is 2. The van der Waals surface area contributed by atoms with Crippen LogP contribution in [0.2, 0.25) is 0 Å². The Bertz CT molecular complexity index is 1540. The van der Waals surface area contributed by atoms with E-state index >= 15 is 0 Å². The fourth-order valence-electron chi connectivity index (χ4n) is 5.46. The highest BCUT2D eigenvalue weighted by atomic mass is 79.9. The fraction of sp³-hybridized carbons (Fsp3) is 0.385. The lowest BCUT2D eigenvalue weighted by Gasteiger charge is -2.20. The molecule has 2 amide bonds. The monoisotopic (exact) mass is 565 g/mol. The van der Waals surface area contributed by atoms with E-state index in [1.807, 2.05) is 19.1 Å². The Kier molecular flexibility index (Phi) is 6.10. The molecule has 0 N–H and O–H groups in total. The number of halogens is 2. The molecule has 0 bridgehead atoms. The second kappa shape index (κ2) is 9.44. The van der Waals surface area contributed by atoms with Crippen molar-refractivity contribution in [2.24, 2.45) is 11.8 Å². The van der Waals surface area contributed by atoms with Gasteiger partial charge < -0.3 is 9.80 Å². The average molecular weight is 566 g/mol. The van der Waals surface area contributed by atoms with Crippen molar-refractivity contribution in [1.82, 2.24) is 34.5 Å².